The van der Waals surface area contributed by atoms with Crippen molar-refractivity contribution in [3.8, 4) is 0 Å². The van der Waals surface area contributed by atoms with Gasteiger partial charge in [-0.25, -0.2) is 0 Å². The van der Waals surface area contributed by atoms with Crippen LogP contribution in [0.3, 0.4) is 0 Å². The Morgan fingerprint density at radius 1 is 1.00 bits per heavy atom. The van der Waals surface area contributed by atoms with Crippen molar-refractivity contribution >= 4 is 23.2 Å². The Kier molecular flexibility index (Phi) is 7.03. The van der Waals surface area contributed by atoms with Gasteiger partial charge in [0.05, 0.1) is 12.1 Å². The predicted molar refractivity (Wildman–Crippen MR) is 102 cm³/mol. The molecule has 0 saturated heterocycles. The number of anilines is 2. The Morgan fingerprint density at radius 3 is 2.29 bits per heavy atom. The molecule has 0 aliphatic carbocycles. The van der Waals surface area contributed by atoms with Gasteiger partial charge in [-0.2, -0.15) is 13.2 Å². The van der Waals surface area contributed by atoms with E-state index in [1.54, 1.807) is 26.2 Å². The molecule has 0 atom stereocenters. The molecule has 0 saturated carbocycles. The monoisotopic (exact) mass is 393 g/mol. The maximum Gasteiger partial charge on any atom is 0.416 e. The third-order valence-corrected chi connectivity index (χ3v) is 4.01. The lowest BCUT2D eigenvalue weighted by molar-refractivity contribution is -0.137. The summed E-state index contributed by atoms with van der Waals surface area (Å²) in [6, 6.07) is 11.7. The molecular formula is C20H22F3N3O2. The average molecular weight is 393 g/mol. The van der Waals surface area contributed by atoms with Gasteiger partial charge in [0, 0.05) is 31.9 Å². The molecular weight excluding hydrogens is 371 g/mol. The Bertz CT molecular complexity index is 818. The summed E-state index contributed by atoms with van der Waals surface area (Å²) < 4.78 is 38.1. The molecule has 0 aliphatic rings. The Hall–Kier alpha value is -3.03. The zero-order chi connectivity index (χ0) is 20.7. The van der Waals surface area contributed by atoms with E-state index in [4.69, 9.17) is 0 Å². The van der Waals surface area contributed by atoms with Crippen LogP contribution in [0.5, 0.6) is 0 Å². The molecule has 0 fully saturated rings. The number of hydrogen-bond acceptors (Lipinski definition) is 3. The van der Waals surface area contributed by atoms with Gasteiger partial charge in [-0.1, -0.05) is 18.2 Å². The molecule has 2 aromatic rings. The van der Waals surface area contributed by atoms with E-state index in [0.717, 1.165) is 17.7 Å². The van der Waals surface area contributed by atoms with E-state index in [1.165, 1.54) is 17.0 Å². The normalized spacial score (nSPS) is 11.0. The first-order valence-corrected chi connectivity index (χ1v) is 8.65. The topological polar surface area (TPSA) is 61.4 Å². The number of alkyl halides is 3. The summed E-state index contributed by atoms with van der Waals surface area (Å²) in [5.41, 5.74) is 0.973. The number of amides is 2. The predicted octanol–water partition coefficient (Wildman–Crippen LogP) is 3.78. The second-order valence-corrected chi connectivity index (χ2v) is 6.47. The van der Waals surface area contributed by atoms with Crippen molar-refractivity contribution in [1.82, 2.24) is 4.90 Å². The van der Waals surface area contributed by atoms with Gasteiger partial charge in [-0.3, -0.25) is 9.59 Å². The highest BCUT2D eigenvalue weighted by Gasteiger charge is 2.30. The second-order valence-electron chi connectivity index (χ2n) is 6.47. The van der Waals surface area contributed by atoms with Gasteiger partial charge in [0.1, 0.15) is 0 Å². The average Bonchev–Trinajstić information content (AvgIpc) is 2.65. The number of benzene rings is 2. The number of nitrogens with zero attached hydrogens (tertiary/aromatic N) is 1. The fourth-order valence-corrected chi connectivity index (χ4v) is 2.42. The third-order valence-electron chi connectivity index (χ3n) is 4.01. The SMILES string of the molecule is CN(C)C(=O)CCc1ccc(NC(=O)CNc2cccc(C(F)(F)F)c2)cc1. The molecule has 8 heteroatoms. The molecule has 150 valence electrons. The van der Waals surface area contributed by atoms with Crippen molar-refractivity contribution in [2.75, 3.05) is 31.3 Å². The van der Waals surface area contributed by atoms with Gasteiger partial charge in [-0.15, -0.1) is 0 Å². The largest absolute Gasteiger partial charge is 0.416 e. The van der Waals surface area contributed by atoms with Crippen molar-refractivity contribution in [3.05, 3.63) is 59.7 Å². The lowest BCUT2D eigenvalue weighted by Gasteiger charge is -2.11. The van der Waals surface area contributed by atoms with Crippen molar-refractivity contribution in [2.24, 2.45) is 0 Å². The van der Waals surface area contributed by atoms with E-state index in [-0.39, 0.29) is 24.0 Å². The first-order chi connectivity index (χ1) is 13.1. The van der Waals surface area contributed by atoms with Crippen molar-refractivity contribution in [3.63, 3.8) is 0 Å². The molecule has 0 radical (unpaired) electrons. The molecule has 0 aromatic heterocycles. The van der Waals surface area contributed by atoms with E-state index in [0.29, 0.717) is 18.5 Å². The minimum absolute atomic E-state index is 0.0399. The maximum atomic E-state index is 12.7. The molecule has 2 rings (SSSR count). The Balaban J connectivity index is 1.84. The summed E-state index contributed by atoms with van der Waals surface area (Å²) in [4.78, 5) is 25.1. The van der Waals surface area contributed by atoms with Gasteiger partial charge in [-0.05, 0) is 42.3 Å². The van der Waals surface area contributed by atoms with E-state index >= 15 is 0 Å². The molecule has 28 heavy (non-hydrogen) atoms. The van der Waals surface area contributed by atoms with Gasteiger partial charge in [0.25, 0.3) is 0 Å². The molecule has 2 amide bonds. The number of aryl methyl sites for hydroxylation is 1. The van der Waals surface area contributed by atoms with Crippen LogP contribution in [0.15, 0.2) is 48.5 Å². The van der Waals surface area contributed by atoms with Gasteiger partial charge < -0.3 is 15.5 Å². The van der Waals surface area contributed by atoms with Crippen molar-refractivity contribution in [2.45, 2.75) is 19.0 Å². The quantitative estimate of drug-likeness (QED) is 0.753. The van der Waals surface area contributed by atoms with E-state index in [9.17, 15) is 22.8 Å². The highest BCUT2D eigenvalue weighted by Crippen LogP contribution is 2.30. The third kappa shape index (κ3) is 6.61. The molecule has 0 bridgehead atoms. The molecule has 0 spiro atoms. The summed E-state index contributed by atoms with van der Waals surface area (Å²) in [6.07, 6.45) is -3.43. The number of carbonyl (C=O) groups is 2. The zero-order valence-corrected chi connectivity index (χ0v) is 15.6. The van der Waals surface area contributed by atoms with E-state index < -0.39 is 11.7 Å². The minimum atomic E-state index is -4.43. The molecule has 2 N–H and O–H groups in total. The summed E-state index contributed by atoms with van der Waals surface area (Å²) in [7, 11) is 3.41. The van der Waals surface area contributed by atoms with Crippen LogP contribution in [-0.4, -0.2) is 37.4 Å². The van der Waals surface area contributed by atoms with Crippen molar-refractivity contribution < 1.29 is 22.8 Å². The van der Waals surface area contributed by atoms with Gasteiger partial charge >= 0.3 is 6.18 Å². The summed E-state index contributed by atoms with van der Waals surface area (Å²) >= 11 is 0. The van der Waals surface area contributed by atoms with Gasteiger partial charge in [0.2, 0.25) is 11.8 Å². The second kappa shape index (κ2) is 9.25. The summed E-state index contributed by atoms with van der Waals surface area (Å²) in [5, 5.41) is 5.35. The molecule has 2 aromatic carbocycles. The maximum absolute atomic E-state index is 12.7. The lowest BCUT2D eigenvalue weighted by atomic mass is 10.1. The van der Waals surface area contributed by atoms with Crippen molar-refractivity contribution in [1.29, 1.82) is 0 Å². The van der Waals surface area contributed by atoms with Crippen LogP contribution >= 0.6 is 0 Å². The zero-order valence-electron chi connectivity index (χ0n) is 15.6. The van der Waals surface area contributed by atoms with Crippen LogP contribution in [0, 0.1) is 0 Å². The number of carbonyl (C=O) groups excluding carboxylic acids is 2. The number of nitrogens with one attached hydrogen (secondary N) is 2. The summed E-state index contributed by atoms with van der Waals surface area (Å²) in [5.74, 6) is -0.342. The van der Waals surface area contributed by atoms with Crippen LogP contribution in [0.1, 0.15) is 17.5 Å². The lowest BCUT2D eigenvalue weighted by Crippen LogP contribution is -2.22. The highest BCUT2D eigenvalue weighted by molar-refractivity contribution is 5.93. The minimum Gasteiger partial charge on any atom is -0.376 e. The molecule has 0 unspecified atom stereocenters. The Labute approximate surface area is 161 Å². The van der Waals surface area contributed by atoms with E-state index in [1.807, 2.05) is 12.1 Å². The van der Waals surface area contributed by atoms with Crippen LogP contribution in [0.25, 0.3) is 0 Å². The Morgan fingerprint density at radius 2 is 1.68 bits per heavy atom. The first kappa shape index (κ1) is 21.3. The van der Waals surface area contributed by atoms with Crippen LogP contribution in [-0.2, 0) is 22.2 Å². The number of rotatable bonds is 7. The standard InChI is InChI=1S/C20H22F3N3O2/c1-26(2)19(28)11-8-14-6-9-16(10-7-14)25-18(27)13-24-17-5-3-4-15(12-17)20(21,22)23/h3-7,9-10,12,24H,8,11,13H2,1-2H3,(H,25,27). The molecule has 0 aliphatic heterocycles. The smallest absolute Gasteiger partial charge is 0.376 e. The van der Waals surface area contributed by atoms with Crippen LogP contribution in [0.4, 0.5) is 24.5 Å². The molecule has 5 nitrogen and oxygen atoms in total. The highest BCUT2D eigenvalue weighted by atomic mass is 19.4. The first-order valence-electron chi connectivity index (χ1n) is 8.65. The fraction of sp³-hybridized carbons (Fsp3) is 0.300. The number of halogens is 3. The van der Waals surface area contributed by atoms with Crippen LogP contribution in [0.2, 0.25) is 0 Å². The van der Waals surface area contributed by atoms with Crippen LogP contribution < -0.4 is 10.6 Å². The number of hydrogen-bond donors (Lipinski definition) is 2. The van der Waals surface area contributed by atoms with E-state index in [2.05, 4.69) is 10.6 Å². The van der Waals surface area contributed by atoms with Gasteiger partial charge in [0.15, 0.2) is 0 Å². The fourth-order valence-electron chi connectivity index (χ4n) is 2.42. The summed E-state index contributed by atoms with van der Waals surface area (Å²) in [6.45, 7) is -0.166. The molecule has 0 heterocycles.